The van der Waals surface area contributed by atoms with E-state index >= 15 is 0 Å². The SMILES string of the molecule is Cn1ccnc1CCN1CCc2c(cccc2NS(C)(=O)=O)C1. The van der Waals surface area contributed by atoms with Crippen LogP contribution in [-0.2, 0) is 36.5 Å². The molecule has 0 radical (unpaired) electrons. The third-order valence-electron chi connectivity index (χ3n) is 4.21. The number of nitrogens with one attached hydrogen (secondary N) is 1. The topological polar surface area (TPSA) is 67.2 Å². The zero-order valence-electron chi connectivity index (χ0n) is 13.5. The number of benzene rings is 1. The fourth-order valence-corrected chi connectivity index (χ4v) is 3.64. The first-order valence-electron chi connectivity index (χ1n) is 7.69. The molecule has 1 aromatic heterocycles. The van der Waals surface area contributed by atoms with Gasteiger partial charge in [-0.1, -0.05) is 12.1 Å². The van der Waals surface area contributed by atoms with Gasteiger partial charge in [-0.25, -0.2) is 13.4 Å². The van der Waals surface area contributed by atoms with Crippen molar-refractivity contribution in [2.24, 2.45) is 7.05 Å². The van der Waals surface area contributed by atoms with Gasteiger partial charge in [-0.05, 0) is 23.6 Å². The summed E-state index contributed by atoms with van der Waals surface area (Å²) in [6.07, 6.45) is 6.75. The van der Waals surface area contributed by atoms with E-state index < -0.39 is 10.0 Å². The smallest absolute Gasteiger partial charge is 0.229 e. The lowest BCUT2D eigenvalue weighted by Gasteiger charge is -2.30. The van der Waals surface area contributed by atoms with Crippen molar-refractivity contribution in [1.82, 2.24) is 14.5 Å². The zero-order chi connectivity index (χ0) is 16.4. The van der Waals surface area contributed by atoms with Crippen molar-refractivity contribution >= 4 is 15.7 Å². The van der Waals surface area contributed by atoms with Crippen LogP contribution in [0.25, 0.3) is 0 Å². The highest BCUT2D eigenvalue weighted by atomic mass is 32.2. The van der Waals surface area contributed by atoms with Gasteiger partial charge in [0.1, 0.15) is 5.82 Å². The van der Waals surface area contributed by atoms with E-state index in [4.69, 9.17) is 0 Å². The van der Waals surface area contributed by atoms with Crippen molar-refractivity contribution in [3.8, 4) is 0 Å². The molecule has 2 heterocycles. The maximum atomic E-state index is 11.5. The molecule has 1 aliphatic rings. The molecule has 1 aliphatic heterocycles. The molecule has 0 atom stereocenters. The summed E-state index contributed by atoms with van der Waals surface area (Å²) in [6, 6.07) is 5.83. The predicted molar refractivity (Wildman–Crippen MR) is 90.8 cm³/mol. The Balaban J connectivity index is 1.69. The lowest BCUT2D eigenvalue weighted by atomic mass is 9.98. The van der Waals surface area contributed by atoms with Gasteiger partial charge in [-0.15, -0.1) is 0 Å². The average Bonchev–Trinajstić information content (AvgIpc) is 2.89. The average molecular weight is 334 g/mol. The second-order valence-electron chi connectivity index (χ2n) is 6.05. The van der Waals surface area contributed by atoms with Crippen LogP contribution in [0.5, 0.6) is 0 Å². The zero-order valence-corrected chi connectivity index (χ0v) is 14.3. The Kier molecular flexibility index (Phi) is 4.41. The van der Waals surface area contributed by atoms with E-state index in [1.54, 1.807) is 0 Å². The number of sulfonamides is 1. The van der Waals surface area contributed by atoms with Crippen molar-refractivity contribution in [2.45, 2.75) is 19.4 Å². The Hall–Kier alpha value is -1.86. The molecule has 1 N–H and O–H groups in total. The molecule has 2 aromatic rings. The number of nitrogens with zero attached hydrogens (tertiary/aromatic N) is 3. The number of hydrogen-bond donors (Lipinski definition) is 1. The van der Waals surface area contributed by atoms with Crippen LogP contribution in [0, 0.1) is 0 Å². The van der Waals surface area contributed by atoms with Crippen LogP contribution in [0.3, 0.4) is 0 Å². The summed E-state index contributed by atoms with van der Waals surface area (Å²) in [5, 5.41) is 0. The molecule has 0 unspecified atom stereocenters. The Morgan fingerprint density at radius 3 is 2.87 bits per heavy atom. The standard InChI is InChI=1S/C16H22N4O2S/c1-19-11-8-17-16(19)7-10-20-9-6-14-13(12-20)4-3-5-15(14)18-23(2,21)22/h3-5,8,11,18H,6-7,9-10,12H2,1-2H3. The third kappa shape index (κ3) is 3.92. The van der Waals surface area contributed by atoms with E-state index in [0.717, 1.165) is 43.9 Å². The van der Waals surface area contributed by atoms with Crippen LogP contribution in [0.2, 0.25) is 0 Å². The van der Waals surface area contributed by atoms with Crippen LogP contribution < -0.4 is 4.72 Å². The normalized spacial score (nSPS) is 15.4. The first-order valence-corrected chi connectivity index (χ1v) is 9.58. The van der Waals surface area contributed by atoms with Gasteiger partial charge in [-0.3, -0.25) is 9.62 Å². The number of aryl methyl sites for hydroxylation is 1. The number of anilines is 1. The fraction of sp³-hybridized carbons (Fsp3) is 0.438. The molecule has 23 heavy (non-hydrogen) atoms. The minimum Gasteiger partial charge on any atom is -0.338 e. The van der Waals surface area contributed by atoms with Gasteiger partial charge in [-0.2, -0.15) is 0 Å². The highest BCUT2D eigenvalue weighted by Gasteiger charge is 2.20. The van der Waals surface area contributed by atoms with Gasteiger partial charge in [0.15, 0.2) is 0 Å². The number of imidazole rings is 1. The summed E-state index contributed by atoms with van der Waals surface area (Å²) >= 11 is 0. The van der Waals surface area contributed by atoms with Crippen LogP contribution in [0.15, 0.2) is 30.6 Å². The second-order valence-corrected chi connectivity index (χ2v) is 7.80. The molecule has 0 saturated carbocycles. The van der Waals surface area contributed by atoms with Gasteiger partial charge in [0.25, 0.3) is 0 Å². The van der Waals surface area contributed by atoms with Gasteiger partial charge >= 0.3 is 0 Å². The molecule has 0 aliphatic carbocycles. The lowest BCUT2D eigenvalue weighted by molar-refractivity contribution is 0.255. The molecule has 0 spiro atoms. The third-order valence-corrected chi connectivity index (χ3v) is 4.80. The Bertz CT molecular complexity index is 798. The second kappa shape index (κ2) is 6.33. The fourth-order valence-electron chi connectivity index (χ4n) is 3.05. The first-order chi connectivity index (χ1) is 10.9. The summed E-state index contributed by atoms with van der Waals surface area (Å²) in [5.74, 6) is 1.09. The van der Waals surface area contributed by atoms with E-state index in [1.807, 2.05) is 36.1 Å². The Morgan fingerprint density at radius 2 is 2.17 bits per heavy atom. The first kappa shape index (κ1) is 16.0. The van der Waals surface area contributed by atoms with Gasteiger partial charge in [0, 0.05) is 45.5 Å². The molecule has 0 saturated heterocycles. The molecular formula is C16H22N4O2S. The predicted octanol–water partition coefficient (Wildman–Crippen LogP) is 1.39. The van der Waals surface area contributed by atoms with Crippen LogP contribution in [0.1, 0.15) is 17.0 Å². The molecule has 0 amide bonds. The molecule has 3 rings (SSSR count). The highest BCUT2D eigenvalue weighted by Crippen LogP contribution is 2.26. The van der Waals surface area contributed by atoms with Gasteiger partial charge in [0.2, 0.25) is 10.0 Å². The van der Waals surface area contributed by atoms with Crippen LogP contribution in [-0.4, -0.2) is 42.2 Å². The van der Waals surface area contributed by atoms with E-state index in [9.17, 15) is 8.42 Å². The molecule has 1 aromatic carbocycles. The van der Waals surface area contributed by atoms with Crippen molar-refractivity contribution in [3.05, 3.63) is 47.5 Å². The van der Waals surface area contributed by atoms with Crippen LogP contribution in [0.4, 0.5) is 5.69 Å². The van der Waals surface area contributed by atoms with Crippen molar-refractivity contribution in [1.29, 1.82) is 0 Å². The van der Waals surface area contributed by atoms with Gasteiger partial charge in [0.05, 0.1) is 11.9 Å². The molecule has 0 bridgehead atoms. The van der Waals surface area contributed by atoms with Crippen molar-refractivity contribution in [3.63, 3.8) is 0 Å². The highest BCUT2D eigenvalue weighted by molar-refractivity contribution is 7.92. The lowest BCUT2D eigenvalue weighted by Crippen LogP contribution is -2.33. The van der Waals surface area contributed by atoms with E-state index in [1.165, 1.54) is 11.8 Å². The molecule has 6 nitrogen and oxygen atoms in total. The minimum absolute atomic E-state index is 0.716. The van der Waals surface area contributed by atoms with E-state index in [0.29, 0.717) is 5.69 Å². The minimum atomic E-state index is -3.24. The number of hydrogen-bond acceptors (Lipinski definition) is 4. The molecule has 7 heteroatoms. The summed E-state index contributed by atoms with van der Waals surface area (Å²) < 4.78 is 27.6. The van der Waals surface area contributed by atoms with E-state index in [-0.39, 0.29) is 0 Å². The quantitative estimate of drug-likeness (QED) is 0.897. The van der Waals surface area contributed by atoms with Crippen molar-refractivity contribution in [2.75, 3.05) is 24.1 Å². The Morgan fingerprint density at radius 1 is 1.35 bits per heavy atom. The molecular weight excluding hydrogens is 312 g/mol. The number of fused-ring (bicyclic) bond motifs is 1. The Labute approximate surface area is 137 Å². The summed E-state index contributed by atoms with van der Waals surface area (Å²) in [7, 11) is -1.23. The number of rotatable bonds is 5. The summed E-state index contributed by atoms with van der Waals surface area (Å²) in [5.41, 5.74) is 3.03. The van der Waals surface area contributed by atoms with Crippen LogP contribution >= 0.6 is 0 Å². The summed E-state index contributed by atoms with van der Waals surface area (Å²) in [4.78, 5) is 6.75. The van der Waals surface area contributed by atoms with Crippen molar-refractivity contribution < 1.29 is 8.42 Å². The van der Waals surface area contributed by atoms with E-state index in [2.05, 4.69) is 20.7 Å². The largest absolute Gasteiger partial charge is 0.338 e. The number of aromatic nitrogens is 2. The van der Waals surface area contributed by atoms with Gasteiger partial charge < -0.3 is 4.57 Å². The summed E-state index contributed by atoms with van der Waals surface area (Å²) in [6.45, 7) is 2.73. The maximum absolute atomic E-state index is 11.5. The maximum Gasteiger partial charge on any atom is 0.229 e. The monoisotopic (exact) mass is 334 g/mol. The molecule has 0 fully saturated rings. The molecule has 124 valence electrons.